The minimum absolute atomic E-state index is 0.353. The molecule has 1 amide bonds. The molecule has 1 saturated heterocycles. The maximum absolute atomic E-state index is 14.1. The number of ether oxygens (including phenoxy) is 1. The van der Waals surface area contributed by atoms with Crippen LogP contribution in [-0.4, -0.2) is 40.5 Å². The number of benzene rings is 2. The summed E-state index contributed by atoms with van der Waals surface area (Å²) in [7, 11) is 0. The van der Waals surface area contributed by atoms with Crippen molar-refractivity contribution in [1.29, 1.82) is 0 Å². The molecule has 9 heteroatoms. The van der Waals surface area contributed by atoms with E-state index in [0.717, 1.165) is 55.7 Å². The Morgan fingerprint density at radius 3 is 2.26 bits per heavy atom. The topological polar surface area (TPSA) is 71.5 Å². The van der Waals surface area contributed by atoms with Gasteiger partial charge in [0.1, 0.15) is 0 Å². The number of piperidine rings is 1. The van der Waals surface area contributed by atoms with Crippen LogP contribution in [0.25, 0.3) is 0 Å². The van der Waals surface area contributed by atoms with E-state index in [9.17, 15) is 22.8 Å². The fourth-order valence-electron chi connectivity index (χ4n) is 4.89. The Kier molecular flexibility index (Phi) is 8.70. The molecule has 2 aromatic carbocycles. The van der Waals surface area contributed by atoms with E-state index in [1.807, 2.05) is 24.3 Å². The summed E-state index contributed by atoms with van der Waals surface area (Å²) in [5, 5.41) is 2.82. The molecule has 1 unspecified atom stereocenters. The van der Waals surface area contributed by atoms with Gasteiger partial charge in [0, 0.05) is 19.7 Å². The van der Waals surface area contributed by atoms with Crippen LogP contribution in [0, 0.1) is 17.6 Å². The Hall–Kier alpha value is -3.72. The summed E-state index contributed by atoms with van der Waals surface area (Å²) in [4.78, 5) is 30.6. The number of carbonyl (C=O) groups excluding carboxylic acids is 2. The molecule has 1 atom stereocenters. The summed E-state index contributed by atoms with van der Waals surface area (Å²) in [6, 6.07) is 13.5. The van der Waals surface area contributed by atoms with E-state index in [1.165, 1.54) is 32.9 Å². The van der Waals surface area contributed by atoms with Crippen molar-refractivity contribution in [2.24, 2.45) is 0 Å². The van der Waals surface area contributed by atoms with Gasteiger partial charge in [0.15, 0.2) is 17.2 Å². The second-order valence-corrected chi connectivity index (χ2v) is 10.4. The summed E-state index contributed by atoms with van der Waals surface area (Å²) in [6.45, 7) is 6.65. The number of likely N-dealkylation sites (tertiary alicyclic amines) is 1. The van der Waals surface area contributed by atoms with Crippen LogP contribution in [0.3, 0.4) is 0 Å². The lowest BCUT2D eigenvalue weighted by Gasteiger charge is -2.32. The minimum atomic E-state index is -1.46. The summed E-state index contributed by atoms with van der Waals surface area (Å²) in [6.07, 6.45) is 3.52. The maximum Gasteiger partial charge on any atom is 0.303 e. The van der Waals surface area contributed by atoms with Crippen LogP contribution in [0.15, 0.2) is 60.8 Å². The molecule has 3 aromatic rings. The van der Waals surface area contributed by atoms with Gasteiger partial charge in [-0.1, -0.05) is 36.4 Å². The molecule has 206 valence electrons. The number of esters is 1. The molecule has 1 aliphatic heterocycles. The zero-order valence-electron chi connectivity index (χ0n) is 22.2. The molecule has 0 radical (unpaired) electrons. The third kappa shape index (κ3) is 7.23. The van der Waals surface area contributed by atoms with Crippen LogP contribution in [-0.2, 0) is 20.9 Å². The molecule has 0 aliphatic carbocycles. The molecule has 0 saturated carbocycles. The van der Waals surface area contributed by atoms with Gasteiger partial charge in [-0.25, -0.2) is 13.8 Å². The highest BCUT2D eigenvalue weighted by molar-refractivity contribution is 5.87. The molecule has 6 nitrogen and oxygen atoms in total. The van der Waals surface area contributed by atoms with Crippen molar-refractivity contribution in [2.45, 2.75) is 57.7 Å². The van der Waals surface area contributed by atoms with Gasteiger partial charge in [0.05, 0.1) is 6.04 Å². The summed E-state index contributed by atoms with van der Waals surface area (Å²) in [5.74, 6) is -3.31. The van der Waals surface area contributed by atoms with Gasteiger partial charge in [-0.2, -0.15) is 4.39 Å². The predicted molar refractivity (Wildman–Crippen MR) is 140 cm³/mol. The number of rotatable bonds is 8. The van der Waals surface area contributed by atoms with E-state index in [-0.39, 0.29) is 0 Å². The fourth-order valence-corrected chi connectivity index (χ4v) is 4.89. The van der Waals surface area contributed by atoms with E-state index in [1.54, 1.807) is 12.3 Å². The molecule has 0 bridgehead atoms. The van der Waals surface area contributed by atoms with Crippen LogP contribution in [0.1, 0.15) is 67.8 Å². The monoisotopic (exact) mass is 539 g/mol. The zero-order chi connectivity index (χ0) is 28.2. The van der Waals surface area contributed by atoms with E-state index in [0.29, 0.717) is 17.0 Å². The number of amides is 1. The number of pyridine rings is 1. The standard InChI is InChI=1S/C30H32F3N3O3/c1-19(37)39-30(2,3)29(38)35-28(23-8-10-25(31)26(32)16-23)22-6-4-20(5-7-22)18-36-14-12-21(13-15-36)24-9-11-27(33)34-17-24/h4-11,16-17,21,28H,12-15,18H2,1-3H3,(H,35,38). The molecule has 1 aliphatic rings. The molecule has 39 heavy (non-hydrogen) atoms. The van der Waals surface area contributed by atoms with Gasteiger partial charge < -0.3 is 10.1 Å². The van der Waals surface area contributed by atoms with Crippen LogP contribution in [0.4, 0.5) is 13.2 Å². The van der Waals surface area contributed by atoms with Crippen molar-refractivity contribution in [3.8, 4) is 0 Å². The van der Waals surface area contributed by atoms with Gasteiger partial charge in [-0.15, -0.1) is 0 Å². The number of hydrogen-bond donors (Lipinski definition) is 1. The van der Waals surface area contributed by atoms with Crippen molar-refractivity contribution in [1.82, 2.24) is 15.2 Å². The summed E-state index contributed by atoms with van der Waals surface area (Å²) < 4.78 is 46.0. The highest BCUT2D eigenvalue weighted by Crippen LogP contribution is 2.29. The average molecular weight is 540 g/mol. The number of halogens is 3. The van der Waals surface area contributed by atoms with Crippen LogP contribution in [0.5, 0.6) is 0 Å². The number of aromatic nitrogens is 1. The third-order valence-corrected chi connectivity index (χ3v) is 7.03. The lowest BCUT2D eigenvalue weighted by molar-refractivity contribution is -0.163. The maximum atomic E-state index is 14.1. The zero-order valence-corrected chi connectivity index (χ0v) is 22.2. The van der Waals surface area contributed by atoms with Gasteiger partial charge in [-0.05, 0) is 86.1 Å². The van der Waals surface area contributed by atoms with Gasteiger partial charge in [-0.3, -0.25) is 14.5 Å². The molecule has 2 heterocycles. The number of hydrogen-bond acceptors (Lipinski definition) is 5. The van der Waals surface area contributed by atoms with Crippen molar-refractivity contribution in [3.05, 3.63) is 101 Å². The number of nitrogens with one attached hydrogen (secondary N) is 1. The molecule has 1 fully saturated rings. The predicted octanol–water partition coefficient (Wildman–Crippen LogP) is 5.43. The van der Waals surface area contributed by atoms with E-state index in [2.05, 4.69) is 15.2 Å². The Morgan fingerprint density at radius 1 is 1.00 bits per heavy atom. The Morgan fingerprint density at radius 2 is 1.67 bits per heavy atom. The first kappa shape index (κ1) is 28.3. The Bertz CT molecular complexity index is 1310. The smallest absolute Gasteiger partial charge is 0.303 e. The van der Waals surface area contributed by atoms with E-state index < -0.39 is 41.1 Å². The summed E-state index contributed by atoms with van der Waals surface area (Å²) >= 11 is 0. The first-order valence-corrected chi connectivity index (χ1v) is 12.9. The molecule has 1 N–H and O–H groups in total. The summed E-state index contributed by atoms with van der Waals surface area (Å²) in [5.41, 5.74) is 1.68. The molecular weight excluding hydrogens is 507 g/mol. The second kappa shape index (κ2) is 12.0. The Labute approximate surface area is 226 Å². The lowest BCUT2D eigenvalue weighted by atomic mass is 9.90. The van der Waals surface area contributed by atoms with Crippen LogP contribution < -0.4 is 5.32 Å². The normalized spacial score (nSPS) is 15.5. The lowest BCUT2D eigenvalue weighted by Crippen LogP contribution is -2.46. The average Bonchev–Trinajstić information content (AvgIpc) is 2.89. The van der Waals surface area contributed by atoms with Gasteiger partial charge in [0.25, 0.3) is 5.91 Å². The van der Waals surface area contributed by atoms with Crippen molar-refractivity contribution in [3.63, 3.8) is 0 Å². The number of nitrogens with zero attached hydrogens (tertiary/aromatic N) is 2. The Balaban J connectivity index is 1.46. The minimum Gasteiger partial charge on any atom is -0.450 e. The fraction of sp³-hybridized carbons (Fsp3) is 0.367. The number of carbonyl (C=O) groups is 2. The molecular formula is C30H32F3N3O3. The van der Waals surface area contributed by atoms with E-state index >= 15 is 0 Å². The van der Waals surface area contributed by atoms with Crippen molar-refractivity contribution < 1.29 is 27.5 Å². The first-order chi connectivity index (χ1) is 18.5. The first-order valence-electron chi connectivity index (χ1n) is 12.9. The third-order valence-electron chi connectivity index (χ3n) is 7.03. The molecule has 4 rings (SSSR count). The van der Waals surface area contributed by atoms with Crippen molar-refractivity contribution >= 4 is 11.9 Å². The molecule has 0 spiro atoms. The van der Waals surface area contributed by atoms with E-state index in [4.69, 9.17) is 4.74 Å². The van der Waals surface area contributed by atoms with Gasteiger partial charge >= 0.3 is 5.97 Å². The van der Waals surface area contributed by atoms with Gasteiger partial charge in [0.2, 0.25) is 5.95 Å². The highest BCUT2D eigenvalue weighted by atomic mass is 19.2. The molecule has 1 aromatic heterocycles. The largest absolute Gasteiger partial charge is 0.450 e. The van der Waals surface area contributed by atoms with Crippen LogP contribution >= 0.6 is 0 Å². The highest BCUT2D eigenvalue weighted by Gasteiger charge is 2.33. The van der Waals surface area contributed by atoms with Crippen molar-refractivity contribution in [2.75, 3.05) is 13.1 Å². The van der Waals surface area contributed by atoms with Crippen LogP contribution in [0.2, 0.25) is 0 Å². The second-order valence-electron chi connectivity index (χ2n) is 10.4. The quantitative estimate of drug-likeness (QED) is 0.306. The SMILES string of the molecule is CC(=O)OC(C)(C)C(=O)NC(c1ccc(CN2CCC(c3ccc(F)nc3)CC2)cc1)c1ccc(F)c(F)c1.